The van der Waals surface area contributed by atoms with E-state index in [1.165, 1.54) is 25.7 Å². The third-order valence-electron chi connectivity index (χ3n) is 3.61. The van der Waals surface area contributed by atoms with Crippen molar-refractivity contribution in [3.8, 4) is 0 Å². The highest BCUT2D eigenvalue weighted by Gasteiger charge is 2.46. The highest BCUT2D eigenvalue weighted by atomic mass is 32.2. The molecule has 0 spiro atoms. The standard InChI is InChI=1S/C11H19NO2S/c13-10(14)11(5-8-15-9-11)12-6-3-1-2-4-7-12/h1-9H2,(H,13,14). The van der Waals surface area contributed by atoms with E-state index in [1.807, 2.05) is 0 Å². The number of carbonyl (C=O) groups is 1. The van der Waals surface area contributed by atoms with Crippen molar-refractivity contribution in [2.24, 2.45) is 0 Å². The van der Waals surface area contributed by atoms with Gasteiger partial charge in [0.15, 0.2) is 0 Å². The molecule has 0 amide bonds. The Morgan fingerprint density at radius 3 is 2.33 bits per heavy atom. The summed E-state index contributed by atoms with van der Waals surface area (Å²) < 4.78 is 0. The fourth-order valence-electron chi connectivity index (χ4n) is 2.61. The van der Waals surface area contributed by atoms with Gasteiger partial charge in [-0.2, -0.15) is 11.8 Å². The zero-order chi connectivity index (χ0) is 10.7. The quantitative estimate of drug-likeness (QED) is 0.784. The number of rotatable bonds is 2. The first-order chi connectivity index (χ1) is 7.26. The lowest BCUT2D eigenvalue weighted by Crippen LogP contribution is -2.55. The van der Waals surface area contributed by atoms with Gasteiger partial charge in [-0.25, -0.2) is 0 Å². The fraction of sp³-hybridized carbons (Fsp3) is 0.909. The molecule has 2 heterocycles. The molecule has 15 heavy (non-hydrogen) atoms. The zero-order valence-electron chi connectivity index (χ0n) is 9.07. The van der Waals surface area contributed by atoms with Gasteiger partial charge in [0.05, 0.1) is 0 Å². The van der Waals surface area contributed by atoms with Crippen LogP contribution in [-0.2, 0) is 4.79 Å². The van der Waals surface area contributed by atoms with Crippen LogP contribution >= 0.6 is 11.8 Å². The summed E-state index contributed by atoms with van der Waals surface area (Å²) in [6.07, 6.45) is 5.69. The average Bonchev–Trinajstić information content (AvgIpc) is 2.56. The van der Waals surface area contributed by atoms with E-state index in [0.717, 1.165) is 31.0 Å². The van der Waals surface area contributed by atoms with E-state index in [4.69, 9.17) is 0 Å². The third kappa shape index (κ3) is 2.16. The van der Waals surface area contributed by atoms with E-state index in [-0.39, 0.29) is 0 Å². The van der Waals surface area contributed by atoms with E-state index in [9.17, 15) is 9.90 Å². The van der Waals surface area contributed by atoms with Crippen LogP contribution < -0.4 is 0 Å². The Hall–Kier alpha value is -0.220. The Bertz CT molecular complexity index is 231. The first-order valence-electron chi connectivity index (χ1n) is 5.82. The number of nitrogens with zero attached hydrogens (tertiary/aromatic N) is 1. The molecule has 86 valence electrons. The van der Waals surface area contributed by atoms with Crippen LogP contribution in [0.25, 0.3) is 0 Å². The SMILES string of the molecule is O=C(O)C1(N2CCCCCC2)CCSC1. The Morgan fingerprint density at radius 1 is 1.20 bits per heavy atom. The molecule has 0 radical (unpaired) electrons. The second-order valence-corrected chi connectivity index (χ2v) is 5.65. The topological polar surface area (TPSA) is 40.5 Å². The van der Waals surface area contributed by atoms with Gasteiger partial charge in [-0.3, -0.25) is 9.69 Å². The first kappa shape index (κ1) is 11.3. The van der Waals surface area contributed by atoms with Crippen molar-refractivity contribution < 1.29 is 9.90 Å². The van der Waals surface area contributed by atoms with Gasteiger partial charge >= 0.3 is 5.97 Å². The smallest absolute Gasteiger partial charge is 0.325 e. The van der Waals surface area contributed by atoms with Crippen LogP contribution in [0.3, 0.4) is 0 Å². The van der Waals surface area contributed by atoms with Gasteiger partial charge in [0.1, 0.15) is 5.54 Å². The fourth-order valence-corrected chi connectivity index (χ4v) is 4.02. The summed E-state index contributed by atoms with van der Waals surface area (Å²) in [5.41, 5.74) is -0.533. The molecule has 2 aliphatic heterocycles. The van der Waals surface area contributed by atoms with E-state index < -0.39 is 11.5 Å². The van der Waals surface area contributed by atoms with Gasteiger partial charge in [0, 0.05) is 5.75 Å². The van der Waals surface area contributed by atoms with Gasteiger partial charge in [0.25, 0.3) is 0 Å². The number of hydrogen-bond donors (Lipinski definition) is 1. The molecule has 2 saturated heterocycles. The molecule has 1 atom stereocenters. The first-order valence-corrected chi connectivity index (χ1v) is 6.97. The lowest BCUT2D eigenvalue weighted by atomic mass is 9.96. The molecule has 1 unspecified atom stereocenters. The molecule has 4 heteroatoms. The number of aliphatic carboxylic acids is 1. The van der Waals surface area contributed by atoms with Crippen molar-refractivity contribution >= 4 is 17.7 Å². The molecule has 1 N–H and O–H groups in total. The van der Waals surface area contributed by atoms with Crippen LogP contribution in [0.4, 0.5) is 0 Å². The van der Waals surface area contributed by atoms with Crippen molar-refractivity contribution in [1.82, 2.24) is 4.90 Å². The lowest BCUT2D eigenvalue weighted by Gasteiger charge is -2.36. The Kier molecular flexibility index (Phi) is 3.57. The van der Waals surface area contributed by atoms with E-state index in [0.29, 0.717) is 0 Å². The monoisotopic (exact) mass is 229 g/mol. The molecule has 2 aliphatic rings. The second-order valence-electron chi connectivity index (χ2n) is 4.54. The lowest BCUT2D eigenvalue weighted by molar-refractivity contribution is -0.150. The molecule has 0 saturated carbocycles. The van der Waals surface area contributed by atoms with Gasteiger partial charge in [-0.05, 0) is 38.1 Å². The van der Waals surface area contributed by atoms with Crippen LogP contribution in [0.2, 0.25) is 0 Å². The predicted octanol–water partition coefficient (Wildman–Crippen LogP) is 1.82. The van der Waals surface area contributed by atoms with Crippen LogP contribution in [-0.4, -0.2) is 46.1 Å². The molecule has 0 aromatic carbocycles. The molecular weight excluding hydrogens is 210 g/mol. The third-order valence-corrected chi connectivity index (χ3v) is 4.78. The molecule has 0 aromatic rings. The summed E-state index contributed by atoms with van der Waals surface area (Å²) in [6.45, 7) is 1.96. The minimum absolute atomic E-state index is 0.533. The normalized spacial score (nSPS) is 33.9. The Balaban J connectivity index is 2.12. The van der Waals surface area contributed by atoms with Crippen LogP contribution in [0.5, 0.6) is 0 Å². The Labute approximate surface area is 95.2 Å². The molecule has 0 aliphatic carbocycles. The predicted molar refractivity (Wildman–Crippen MR) is 62.3 cm³/mol. The number of likely N-dealkylation sites (tertiary alicyclic amines) is 1. The van der Waals surface area contributed by atoms with E-state index in [1.54, 1.807) is 11.8 Å². The maximum Gasteiger partial charge on any atom is 0.325 e. The summed E-state index contributed by atoms with van der Waals surface area (Å²) >= 11 is 1.79. The summed E-state index contributed by atoms with van der Waals surface area (Å²) in [4.78, 5) is 13.7. The summed E-state index contributed by atoms with van der Waals surface area (Å²) in [6, 6.07) is 0. The van der Waals surface area contributed by atoms with Gasteiger partial charge in [0.2, 0.25) is 0 Å². The van der Waals surface area contributed by atoms with Crippen LogP contribution in [0, 0.1) is 0 Å². The van der Waals surface area contributed by atoms with E-state index >= 15 is 0 Å². The number of hydrogen-bond acceptors (Lipinski definition) is 3. The molecule has 0 aromatic heterocycles. The molecule has 3 nitrogen and oxygen atoms in total. The average molecular weight is 229 g/mol. The highest BCUT2D eigenvalue weighted by molar-refractivity contribution is 7.99. The molecule has 2 rings (SSSR count). The van der Waals surface area contributed by atoms with Crippen LogP contribution in [0.1, 0.15) is 32.1 Å². The maximum atomic E-state index is 11.5. The molecule has 2 fully saturated rings. The van der Waals surface area contributed by atoms with Crippen molar-refractivity contribution in [3.63, 3.8) is 0 Å². The van der Waals surface area contributed by atoms with Crippen molar-refractivity contribution in [2.45, 2.75) is 37.6 Å². The Morgan fingerprint density at radius 2 is 1.87 bits per heavy atom. The number of thioether (sulfide) groups is 1. The van der Waals surface area contributed by atoms with Gasteiger partial charge in [-0.1, -0.05) is 12.8 Å². The van der Waals surface area contributed by atoms with Gasteiger partial charge in [-0.15, -0.1) is 0 Å². The number of carboxylic acids is 1. The minimum atomic E-state index is -0.602. The summed E-state index contributed by atoms with van der Waals surface area (Å²) in [7, 11) is 0. The van der Waals surface area contributed by atoms with Crippen molar-refractivity contribution in [3.05, 3.63) is 0 Å². The van der Waals surface area contributed by atoms with Crippen molar-refractivity contribution in [2.75, 3.05) is 24.6 Å². The molecule has 0 bridgehead atoms. The number of carboxylic acid groups (broad SMARTS) is 1. The second kappa shape index (κ2) is 4.74. The summed E-state index contributed by atoms with van der Waals surface area (Å²) in [5, 5.41) is 9.45. The van der Waals surface area contributed by atoms with E-state index in [2.05, 4.69) is 4.90 Å². The zero-order valence-corrected chi connectivity index (χ0v) is 9.89. The van der Waals surface area contributed by atoms with Gasteiger partial charge < -0.3 is 5.11 Å². The minimum Gasteiger partial charge on any atom is -0.480 e. The highest BCUT2D eigenvalue weighted by Crippen LogP contribution is 2.35. The largest absolute Gasteiger partial charge is 0.480 e. The summed E-state index contributed by atoms with van der Waals surface area (Å²) in [5.74, 6) is 1.18. The maximum absolute atomic E-state index is 11.5. The van der Waals surface area contributed by atoms with Crippen LogP contribution in [0.15, 0.2) is 0 Å². The van der Waals surface area contributed by atoms with Crippen molar-refractivity contribution in [1.29, 1.82) is 0 Å². The molecular formula is C11H19NO2S.